The number of nitrogens with zero attached hydrogens (tertiary/aromatic N) is 3. The number of benzene rings is 2. The molecule has 2 aliphatic rings. The van der Waals surface area contributed by atoms with Gasteiger partial charge in [0.05, 0.1) is 10.0 Å². The molecule has 0 aromatic heterocycles. The number of fused-ring (bicyclic) bond motifs is 1. The maximum Gasteiger partial charge on any atom is 0.253 e. The number of halogens is 2. The van der Waals surface area contributed by atoms with Crippen LogP contribution in [0.5, 0.6) is 0 Å². The van der Waals surface area contributed by atoms with Gasteiger partial charge in [0, 0.05) is 57.4 Å². The molecule has 4 rings (SSSR count). The van der Waals surface area contributed by atoms with Gasteiger partial charge in [0.1, 0.15) is 0 Å². The maximum atomic E-state index is 13.0. The van der Waals surface area contributed by atoms with Gasteiger partial charge in [0.2, 0.25) is 0 Å². The van der Waals surface area contributed by atoms with Crippen LogP contribution in [-0.2, 0) is 19.5 Å². The summed E-state index contributed by atoms with van der Waals surface area (Å²) >= 11 is 12.2. The summed E-state index contributed by atoms with van der Waals surface area (Å²) in [6.07, 6.45) is 0.957. The number of piperazine rings is 1. The fourth-order valence-corrected chi connectivity index (χ4v) is 4.72. The van der Waals surface area contributed by atoms with Crippen LogP contribution in [0.2, 0.25) is 10.0 Å². The van der Waals surface area contributed by atoms with Crippen LogP contribution < -0.4 is 0 Å². The van der Waals surface area contributed by atoms with Gasteiger partial charge in [-0.1, -0.05) is 35.3 Å². The third-order valence-corrected chi connectivity index (χ3v) is 7.01. The number of hydrogen-bond donors (Lipinski definition) is 0. The van der Waals surface area contributed by atoms with E-state index in [9.17, 15) is 4.79 Å². The van der Waals surface area contributed by atoms with Gasteiger partial charge in [-0.05, 0) is 61.2 Å². The van der Waals surface area contributed by atoms with Crippen molar-refractivity contribution < 1.29 is 4.79 Å². The molecule has 1 amide bonds. The highest BCUT2D eigenvalue weighted by Crippen LogP contribution is 2.26. The van der Waals surface area contributed by atoms with Crippen molar-refractivity contribution >= 4 is 29.1 Å². The largest absolute Gasteiger partial charge is 0.336 e. The Kier molecular flexibility index (Phi) is 6.69. The zero-order chi connectivity index (χ0) is 21.3. The van der Waals surface area contributed by atoms with Crippen LogP contribution in [0.1, 0.15) is 40.9 Å². The lowest BCUT2D eigenvalue weighted by Gasteiger charge is -2.37. The lowest BCUT2D eigenvalue weighted by atomic mass is 9.96. The van der Waals surface area contributed by atoms with Crippen molar-refractivity contribution in [1.82, 2.24) is 14.7 Å². The number of carbonyl (C=O) groups is 1. The lowest BCUT2D eigenvalue weighted by molar-refractivity contribution is 0.0595. The standard InChI is InChI=1S/C24H29Cl2N3O/c1-17(2)28-9-11-29(12-10-28)24(30)20-4-5-21-16-27(8-7-19(21)14-20)15-18-3-6-22(25)23(26)13-18/h3-6,13-14,17H,7-12,15-16H2,1-2H3. The summed E-state index contributed by atoms with van der Waals surface area (Å²) in [6.45, 7) is 10.7. The summed E-state index contributed by atoms with van der Waals surface area (Å²) < 4.78 is 0. The van der Waals surface area contributed by atoms with E-state index >= 15 is 0 Å². The summed E-state index contributed by atoms with van der Waals surface area (Å²) in [5, 5.41) is 1.19. The van der Waals surface area contributed by atoms with Gasteiger partial charge < -0.3 is 4.90 Å². The minimum atomic E-state index is 0.166. The van der Waals surface area contributed by atoms with Gasteiger partial charge in [-0.15, -0.1) is 0 Å². The first-order valence-electron chi connectivity index (χ1n) is 10.7. The summed E-state index contributed by atoms with van der Waals surface area (Å²) in [7, 11) is 0. The second-order valence-corrected chi connectivity index (χ2v) is 9.43. The van der Waals surface area contributed by atoms with E-state index in [4.69, 9.17) is 23.2 Å². The molecule has 1 fully saturated rings. The Morgan fingerprint density at radius 3 is 2.40 bits per heavy atom. The van der Waals surface area contributed by atoms with Gasteiger partial charge >= 0.3 is 0 Å². The smallest absolute Gasteiger partial charge is 0.253 e. The molecule has 0 N–H and O–H groups in total. The average Bonchev–Trinajstić information content (AvgIpc) is 2.75. The molecule has 1 saturated heterocycles. The molecular weight excluding hydrogens is 417 g/mol. The van der Waals surface area contributed by atoms with E-state index in [1.807, 2.05) is 29.2 Å². The Labute approximate surface area is 189 Å². The molecule has 2 heterocycles. The van der Waals surface area contributed by atoms with E-state index in [2.05, 4.69) is 35.8 Å². The molecule has 2 aliphatic heterocycles. The highest BCUT2D eigenvalue weighted by molar-refractivity contribution is 6.42. The lowest BCUT2D eigenvalue weighted by Crippen LogP contribution is -2.50. The van der Waals surface area contributed by atoms with Gasteiger partial charge in [0.15, 0.2) is 0 Å². The van der Waals surface area contributed by atoms with Crippen LogP contribution in [0.3, 0.4) is 0 Å². The van der Waals surface area contributed by atoms with E-state index in [0.29, 0.717) is 16.1 Å². The van der Waals surface area contributed by atoms with Gasteiger partial charge in [-0.2, -0.15) is 0 Å². The zero-order valence-electron chi connectivity index (χ0n) is 17.7. The summed E-state index contributed by atoms with van der Waals surface area (Å²) in [5.74, 6) is 0.166. The predicted molar refractivity (Wildman–Crippen MR) is 123 cm³/mol. The Morgan fingerprint density at radius 1 is 0.933 bits per heavy atom. The van der Waals surface area contributed by atoms with Crippen molar-refractivity contribution in [3.05, 3.63) is 68.7 Å². The van der Waals surface area contributed by atoms with E-state index in [0.717, 1.165) is 57.8 Å². The maximum absolute atomic E-state index is 13.0. The first-order valence-corrected chi connectivity index (χ1v) is 11.5. The molecule has 0 spiro atoms. The van der Waals surface area contributed by atoms with Crippen LogP contribution in [0.4, 0.5) is 0 Å². The van der Waals surface area contributed by atoms with E-state index in [-0.39, 0.29) is 5.91 Å². The number of rotatable bonds is 4. The summed E-state index contributed by atoms with van der Waals surface area (Å²) in [6, 6.07) is 12.6. The topological polar surface area (TPSA) is 26.8 Å². The van der Waals surface area contributed by atoms with Crippen LogP contribution in [-0.4, -0.2) is 59.4 Å². The number of hydrogen-bond acceptors (Lipinski definition) is 3. The molecule has 2 aromatic carbocycles. The number of amides is 1. The number of carbonyl (C=O) groups excluding carboxylic acids is 1. The molecule has 6 heteroatoms. The minimum Gasteiger partial charge on any atom is -0.336 e. The Bertz CT molecular complexity index is 923. The van der Waals surface area contributed by atoms with E-state index in [1.54, 1.807) is 0 Å². The molecule has 0 aliphatic carbocycles. The van der Waals surface area contributed by atoms with E-state index < -0.39 is 0 Å². The molecule has 0 radical (unpaired) electrons. The summed E-state index contributed by atoms with van der Waals surface area (Å²) in [5.41, 5.74) is 4.60. The van der Waals surface area contributed by atoms with Crippen LogP contribution in [0.25, 0.3) is 0 Å². The Hall–Kier alpha value is -1.59. The van der Waals surface area contributed by atoms with Gasteiger partial charge in [-0.3, -0.25) is 14.6 Å². The highest BCUT2D eigenvalue weighted by Gasteiger charge is 2.24. The van der Waals surface area contributed by atoms with E-state index in [1.165, 1.54) is 16.7 Å². The predicted octanol–water partition coefficient (Wildman–Crippen LogP) is 4.72. The minimum absolute atomic E-state index is 0.166. The quantitative estimate of drug-likeness (QED) is 0.680. The third-order valence-electron chi connectivity index (χ3n) is 6.27. The van der Waals surface area contributed by atoms with Crippen molar-refractivity contribution in [2.45, 2.75) is 39.4 Å². The normalized spacial score (nSPS) is 18.0. The molecule has 160 valence electrons. The second kappa shape index (κ2) is 9.27. The second-order valence-electron chi connectivity index (χ2n) is 8.61. The molecular formula is C24H29Cl2N3O. The van der Waals surface area contributed by atoms with Crippen LogP contribution >= 0.6 is 23.2 Å². The van der Waals surface area contributed by atoms with Crippen LogP contribution in [0, 0.1) is 0 Å². The SMILES string of the molecule is CC(C)N1CCN(C(=O)c2ccc3c(c2)CCN(Cc2ccc(Cl)c(Cl)c2)C3)CC1. The van der Waals surface area contributed by atoms with Gasteiger partial charge in [0.25, 0.3) is 5.91 Å². The first-order chi connectivity index (χ1) is 14.4. The Balaban J connectivity index is 1.39. The zero-order valence-corrected chi connectivity index (χ0v) is 19.2. The molecule has 0 atom stereocenters. The van der Waals surface area contributed by atoms with Crippen molar-refractivity contribution in [2.75, 3.05) is 32.7 Å². The molecule has 0 saturated carbocycles. The monoisotopic (exact) mass is 445 g/mol. The third kappa shape index (κ3) is 4.83. The van der Waals surface area contributed by atoms with Gasteiger partial charge in [-0.25, -0.2) is 0 Å². The first kappa shape index (κ1) is 21.6. The van der Waals surface area contributed by atoms with Crippen LogP contribution in [0.15, 0.2) is 36.4 Å². The molecule has 2 aromatic rings. The molecule has 0 bridgehead atoms. The highest BCUT2D eigenvalue weighted by atomic mass is 35.5. The molecule has 4 nitrogen and oxygen atoms in total. The average molecular weight is 446 g/mol. The Morgan fingerprint density at radius 2 is 1.70 bits per heavy atom. The van der Waals surface area contributed by atoms with Crippen molar-refractivity contribution in [1.29, 1.82) is 0 Å². The van der Waals surface area contributed by atoms with Crippen molar-refractivity contribution in [3.8, 4) is 0 Å². The van der Waals surface area contributed by atoms with Crippen molar-refractivity contribution in [2.24, 2.45) is 0 Å². The fraction of sp³-hybridized carbons (Fsp3) is 0.458. The molecule has 30 heavy (non-hydrogen) atoms. The summed E-state index contributed by atoms with van der Waals surface area (Å²) in [4.78, 5) is 19.8. The van der Waals surface area contributed by atoms with Crippen molar-refractivity contribution in [3.63, 3.8) is 0 Å². The fourth-order valence-electron chi connectivity index (χ4n) is 4.40. The molecule has 0 unspecified atom stereocenters.